The highest BCUT2D eigenvalue weighted by atomic mass is 19.4. The van der Waals surface area contributed by atoms with E-state index in [1.54, 1.807) is 13.0 Å². The first kappa shape index (κ1) is 25.9. The zero-order chi connectivity index (χ0) is 24.8. The van der Waals surface area contributed by atoms with Crippen molar-refractivity contribution < 1.29 is 18.3 Å². The van der Waals surface area contributed by atoms with E-state index in [9.17, 15) is 29.0 Å². The predicted octanol–water partition coefficient (Wildman–Crippen LogP) is 3.84. The molecule has 1 heterocycles. The van der Waals surface area contributed by atoms with Crippen molar-refractivity contribution in [2.24, 2.45) is 17.1 Å². The molecular weight excluding hydrogens is 431 g/mol. The third-order valence-corrected chi connectivity index (χ3v) is 5.83. The lowest BCUT2D eigenvalue weighted by atomic mass is 9.60. The average molecular weight is 458 g/mol. The molecule has 1 aromatic rings. The molecular formula is C24H26F3N5O. The summed E-state index contributed by atoms with van der Waals surface area (Å²) in [6, 6.07) is 10.8. The second-order valence-corrected chi connectivity index (χ2v) is 7.86. The molecule has 0 saturated carbocycles. The van der Waals surface area contributed by atoms with E-state index in [2.05, 4.69) is 4.90 Å². The van der Waals surface area contributed by atoms with Gasteiger partial charge in [-0.1, -0.05) is 31.2 Å². The molecule has 6 nitrogen and oxygen atoms in total. The molecule has 33 heavy (non-hydrogen) atoms. The number of fused-ring (bicyclic) bond motifs is 1. The number of rotatable bonds is 3. The first-order valence-electron chi connectivity index (χ1n) is 10.6. The van der Waals surface area contributed by atoms with Crippen LogP contribution >= 0.6 is 0 Å². The normalized spacial score (nSPS) is 22.0. The molecule has 0 fully saturated rings. The molecule has 9 heteroatoms. The fourth-order valence-electron chi connectivity index (χ4n) is 4.48. The number of nitriles is 3. The third-order valence-electron chi connectivity index (χ3n) is 5.83. The highest BCUT2D eigenvalue weighted by Gasteiger charge is 2.52. The summed E-state index contributed by atoms with van der Waals surface area (Å²) >= 11 is 0. The standard InChI is InChI=1S/C22H20F3N5.C2H6O/c1-2-7-30-8-6-18-17(11-30)19(14-4-3-5-15(9-14)22(23,24)25)16(10-26)20(29)21(18,12-27)13-28;1-2-3/h3-6,9,17,19H,2,7-8,11,29H2,1H3;3H,2H2,1H3. The van der Waals surface area contributed by atoms with Crippen LogP contribution in [-0.4, -0.2) is 36.2 Å². The van der Waals surface area contributed by atoms with Crippen molar-refractivity contribution in [3.8, 4) is 18.2 Å². The summed E-state index contributed by atoms with van der Waals surface area (Å²) in [5.74, 6) is -1.27. The molecule has 2 aliphatic rings. The molecule has 1 aliphatic carbocycles. The van der Waals surface area contributed by atoms with Gasteiger partial charge in [0.25, 0.3) is 0 Å². The van der Waals surface area contributed by atoms with Crippen molar-refractivity contribution in [3.63, 3.8) is 0 Å². The summed E-state index contributed by atoms with van der Waals surface area (Å²) in [6.07, 6.45) is -1.89. The van der Waals surface area contributed by atoms with E-state index in [-0.39, 0.29) is 17.9 Å². The Balaban J connectivity index is 0.00000122. The van der Waals surface area contributed by atoms with Gasteiger partial charge in [0.15, 0.2) is 0 Å². The monoisotopic (exact) mass is 457 g/mol. The molecule has 3 N–H and O–H groups in total. The largest absolute Gasteiger partial charge is 0.416 e. The van der Waals surface area contributed by atoms with Crippen LogP contribution in [0.1, 0.15) is 37.3 Å². The second-order valence-electron chi connectivity index (χ2n) is 7.86. The molecule has 2 atom stereocenters. The molecule has 1 aliphatic heterocycles. The van der Waals surface area contributed by atoms with Crippen LogP contribution in [0.5, 0.6) is 0 Å². The quantitative estimate of drug-likeness (QED) is 0.666. The number of aliphatic hydroxyl groups excluding tert-OH is 1. The number of aliphatic hydroxyl groups is 1. The Morgan fingerprint density at radius 3 is 2.36 bits per heavy atom. The SMILES string of the molecule is CCCN1CC=C2C(C1)C(c1cccc(C(F)(F)F)c1)C(C#N)=C(N)C2(C#N)C#N.CCO. The van der Waals surface area contributed by atoms with Crippen LogP contribution in [0.25, 0.3) is 0 Å². The molecule has 2 unspecified atom stereocenters. The van der Waals surface area contributed by atoms with Crippen LogP contribution in [-0.2, 0) is 6.18 Å². The summed E-state index contributed by atoms with van der Waals surface area (Å²) in [5, 5.41) is 37.1. The molecule has 3 rings (SSSR count). The molecule has 0 bridgehead atoms. The van der Waals surface area contributed by atoms with Gasteiger partial charge < -0.3 is 10.8 Å². The zero-order valence-corrected chi connectivity index (χ0v) is 18.5. The van der Waals surface area contributed by atoms with Crippen molar-refractivity contribution in [3.05, 3.63) is 58.3 Å². The van der Waals surface area contributed by atoms with Gasteiger partial charge in [0.2, 0.25) is 5.41 Å². The molecule has 0 radical (unpaired) electrons. The molecule has 174 valence electrons. The van der Waals surface area contributed by atoms with E-state index in [0.717, 1.165) is 25.1 Å². The van der Waals surface area contributed by atoms with Crippen molar-refractivity contribution in [2.45, 2.75) is 32.4 Å². The maximum absolute atomic E-state index is 13.3. The number of alkyl halides is 3. The summed E-state index contributed by atoms with van der Waals surface area (Å²) in [7, 11) is 0. The first-order valence-corrected chi connectivity index (χ1v) is 10.6. The molecule has 0 amide bonds. The summed E-state index contributed by atoms with van der Waals surface area (Å²) in [4.78, 5) is 2.10. The maximum Gasteiger partial charge on any atom is 0.416 e. The molecule has 1 aromatic carbocycles. The summed E-state index contributed by atoms with van der Waals surface area (Å²) in [6.45, 7) is 5.63. The van der Waals surface area contributed by atoms with Crippen molar-refractivity contribution in [2.75, 3.05) is 26.2 Å². The van der Waals surface area contributed by atoms with Crippen molar-refractivity contribution >= 4 is 0 Å². The predicted molar refractivity (Wildman–Crippen MR) is 116 cm³/mol. The Labute approximate surface area is 191 Å². The lowest BCUT2D eigenvalue weighted by molar-refractivity contribution is -0.137. The van der Waals surface area contributed by atoms with Gasteiger partial charge in [0, 0.05) is 31.5 Å². The Hall–Kier alpha value is -3.32. The van der Waals surface area contributed by atoms with E-state index in [1.807, 2.05) is 25.1 Å². The van der Waals surface area contributed by atoms with Crippen LogP contribution in [0, 0.1) is 45.3 Å². The first-order chi connectivity index (χ1) is 15.6. The van der Waals surface area contributed by atoms with Gasteiger partial charge in [0.1, 0.15) is 0 Å². The van der Waals surface area contributed by atoms with Crippen molar-refractivity contribution in [1.29, 1.82) is 15.8 Å². The number of benzene rings is 1. The van der Waals surface area contributed by atoms with Gasteiger partial charge in [-0.3, -0.25) is 4.90 Å². The summed E-state index contributed by atoms with van der Waals surface area (Å²) < 4.78 is 39.9. The highest BCUT2D eigenvalue weighted by Crippen LogP contribution is 2.53. The minimum atomic E-state index is -4.53. The second kappa shape index (κ2) is 10.5. The number of hydrogen-bond acceptors (Lipinski definition) is 6. The minimum Gasteiger partial charge on any atom is -0.399 e. The van der Waals surface area contributed by atoms with Gasteiger partial charge in [-0.25, -0.2) is 0 Å². The smallest absolute Gasteiger partial charge is 0.399 e. The van der Waals surface area contributed by atoms with E-state index in [4.69, 9.17) is 10.8 Å². The summed E-state index contributed by atoms with van der Waals surface area (Å²) in [5.41, 5.74) is 4.13. The fourth-order valence-corrected chi connectivity index (χ4v) is 4.48. The van der Waals surface area contributed by atoms with Crippen LogP contribution in [0.2, 0.25) is 0 Å². The average Bonchev–Trinajstić information content (AvgIpc) is 2.79. The van der Waals surface area contributed by atoms with Gasteiger partial charge in [0.05, 0.1) is 35.0 Å². The van der Waals surface area contributed by atoms with E-state index in [1.165, 1.54) is 12.1 Å². The lowest BCUT2D eigenvalue weighted by Crippen LogP contribution is -2.47. The van der Waals surface area contributed by atoms with Crippen LogP contribution in [0.15, 0.2) is 47.2 Å². The fraction of sp³-hybridized carbons (Fsp3) is 0.458. The number of hydrogen-bond donors (Lipinski definition) is 2. The Morgan fingerprint density at radius 2 is 1.85 bits per heavy atom. The molecule has 0 saturated heterocycles. The molecule has 0 aromatic heterocycles. The van der Waals surface area contributed by atoms with E-state index >= 15 is 0 Å². The van der Waals surface area contributed by atoms with Gasteiger partial charge in [-0.05, 0) is 37.1 Å². The van der Waals surface area contributed by atoms with Crippen LogP contribution in [0.4, 0.5) is 13.2 Å². The molecule has 0 spiro atoms. The minimum absolute atomic E-state index is 0.0158. The van der Waals surface area contributed by atoms with E-state index in [0.29, 0.717) is 24.2 Å². The number of halogens is 3. The maximum atomic E-state index is 13.3. The highest BCUT2D eigenvalue weighted by molar-refractivity contribution is 5.58. The number of nitrogens with zero attached hydrogens (tertiary/aromatic N) is 4. The van der Waals surface area contributed by atoms with Gasteiger partial charge in [-0.2, -0.15) is 29.0 Å². The topological polar surface area (TPSA) is 121 Å². The van der Waals surface area contributed by atoms with Gasteiger partial charge in [-0.15, -0.1) is 0 Å². The van der Waals surface area contributed by atoms with Gasteiger partial charge >= 0.3 is 6.18 Å². The van der Waals surface area contributed by atoms with Crippen molar-refractivity contribution in [1.82, 2.24) is 4.90 Å². The van der Waals surface area contributed by atoms with Crippen LogP contribution in [0.3, 0.4) is 0 Å². The Morgan fingerprint density at radius 1 is 1.21 bits per heavy atom. The van der Waals surface area contributed by atoms with E-state index < -0.39 is 29.0 Å². The number of allylic oxidation sites excluding steroid dienone is 2. The lowest BCUT2D eigenvalue weighted by Gasteiger charge is -2.45. The van der Waals surface area contributed by atoms with Crippen LogP contribution < -0.4 is 5.73 Å². The Kier molecular flexibility index (Phi) is 8.28. The Bertz CT molecular complexity index is 1040. The third kappa shape index (κ3) is 4.88. The number of nitrogens with two attached hydrogens (primary N) is 1. The zero-order valence-electron chi connectivity index (χ0n) is 18.5.